The zero-order chi connectivity index (χ0) is 11.2. The second-order valence-corrected chi connectivity index (χ2v) is 4.03. The van der Waals surface area contributed by atoms with Gasteiger partial charge in [0, 0.05) is 12.4 Å². The van der Waals surface area contributed by atoms with Crippen LogP contribution in [0, 0.1) is 0 Å². The average Bonchev–Trinajstić information content (AvgIpc) is 2.31. The molecule has 2 heterocycles. The number of hydrogen-bond acceptors (Lipinski definition) is 4. The lowest BCUT2D eigenvalue weighted by molar-refractivity contribution is 0.456. The SMILES string of the molecule is SN(Cc1ccccn1)Cc1ccccn1. The van der Waals surface area contributed by atoms with Crippen LogP contribution in [-0.4, -0.2) is 14.3 Å². The van der Waals surface area contributed by atoms with Crippen molar-refractivity contribution >= 4 is 12.8 Å². The molecule has 0 aliphatic rings. The Bertz CT molecular complexity index is 377. The summed E-state index contributed by atoms with van der Waals surface area (Å²) >= 11 is 4.41. The minimum absolute atomic E-state index is 0.709. The summed E-state index contributed by atoms with van der Waals surface area (Å²) in [6.45, 7) is 1.42. The fraction of sp³-hybridized carbons (Fsp3) is 0.167. The van der Waals surface area contributed by atoms with E-state index in [4.69, 9.17) is 0 Å². The average molecular weight is 231 g/mol. The maximum Gasteiger partial charge on any atom is 0.0553 e. The second-order valence-electron chi connectivity index (χ2n) is 3.46. The molecule has 0 saturated heterocycles. The largest absolute Gasteiger partial charge is 0.260 e. The quantitative estimate of drug-likeness (QED) is 0.819. The van der Waals surface area contributed by atoms with Crippen molar-refractivity contribution in [1.29, 1.82) is 0 Å². The molecule has 0 amide bonds. The van der Waals surface area contributed by atoms with E-state index in [0.717, 1.165) is 11.4 Å². The van der Waals surface area contributed by atoms with Gasteiger partial charge in [-0.05, 0) is 24.3 Å². The highest BCUT2D eigenvalue weighted by Gasteiger charge is 2.03. The normalized spacial score (nSPS) is 10.6. The van der Waals surface area contributed by atoms with Gasteiger partial charge < -0.3 is 0 Å². The van der Waals surface area contributed by atoms with Gasteiger partial charge in [0.1, 0.15) is 0 Å². The first kappa shape index (κ1) is 11.1. The summed E-state index contributed by atoms with van der Waals surface area (Å²) in [7, 11) is 0. The molecule has 2 aromatic heterocycles. The van der Waals surface area contributed by atoms with Crippen LogP contribution >= 0.6 is 12.8 Å². The fourth-order valence-corrected chi connectivity index (χ4v) is 1.70. The highest BCUT2D eigenvalue weighted by molar-refractivity contribution is 7.77. The van der Waals surface area contributed by atoms with Crippen LogP contribution in [0.1, 0.15) is 11.4 Å². The van der Waals surface area contributed by atoms with Gasteiger partial charge in [-0.15, -0.1) is 0 Å². The van der Waals surface area contributed by atoms with E-state index in [-0.39, 0.29) is 0 Å². The summed E-state index contributed by atoms with van der Waals surface area (Å²) in [4.78, 5) is 8.50. The molecule has 0 fully saturated rings. The lowest BCUT2D eigenvalue weighted by Crippen LogP contribution is -2.13. The first-order valence-corrected chi connectivity index (χ1v) is 5.48. The molecule has 2 aromatic rings. The molecule has 2 rings (SSSR count). The summed E-state index contributed by atoms with van der Waals surface area (Å²) in [5.74, 6) is 0. The van der Waals surface area contributed by atoms with Crippen LogP contribution in [0.4, 0.5) is 0 Å². The molecular formula is C12H13N3S. The molecule has 4 heteroatoms. The Kier molecular flexibility index (Phi) is 3.91. The van der Waals surface area contributed by atoms with Crippen LogP contribution in [0.15, 0.2) is 48.8 Å². The molecule has 0 bridgehead atoms. The van der Waals surface area contributed by atoms with Crippen LogP contribution in [0.5, 0.6) is 0 Å². The monoisotopic (exact) mass is 231 g/mol. The van der Waals surface area contributed by atoms with Crippen LogP contribution < -0.4 is 0 Å². The molecule has 0 atom stereocenters. The number of pyridine rings is 2. The van der Waals surface area contributed by atoms with Crippen molar-refractivity contribution in [3.05, 3.63) is 60.2 Å². The van der Waals surface area contributed by atoms with Crippen LogP contribution in [0.3, 0.4) is 0 Å². The van der Waals surface area contributed by atoms with E-state index in [1.54, 1.807) is 12.4 Å². The molecule has 16 heavy (non-hydrogen) atoms. The number of rotatable bonds is 4. The Morgan fingerprint density at radius 3 is 1.75 bits per heavy atom. The van der Waals surface area contributed by atoms with Gasteiger partial charge in [0.15, 0.2) is 0 Å². The third kappa shape index (κ3) is 3.32. The van der Waals surface area contributed by atoms with Crippen LogP contribution in [0.2, 0.25) is 0 Å². The van der Waals surface area contributed by atoms with Gasteiger partial charge in [0.2, 0.25) is 0 Å². The summed E-state index contributed by atoms with van der Waals surface area (Å²) in [5, 5.41) is 0. The van der Waals surface area contributed by atoms with Crippen LogP contribution in [-0.2, 0) is 13.1 Å². The van der Waals surface area contributed by atoms with Gasteiger partial charge in [-0.25, -0.2) is 4.31 Å². The van der Waals surface area contributed by atoms with Crippen molar-refractivity contribution in [2.75, 3.05) is 0 Å². The van der Waals surface area contributed by atoms with Gasteiger partial charge >= 0.3 is 0 Å². The van der Waals surface area contributed by atoms with Gasteiger partial charge in [-0.3, -0.25) is 9.97 Å². The standard InChI is InChI=1S/C12H13N3S/c16-15(9-11-5-1-3-7-13-11)10-12-6-2-4-8-14-12/h1-8,16H,9-10H2. The Hall–Kier alpha value is -1.39. The van der Waals surface area contributed by atoms with E-state index >= 15 is 0 Å². The summed E-state index contributed by atoms with van der Waals surface area (Å²) in [6, 6.07) is 11.7. The van der Waals surface area contributed by atoms with Crippen molar-refractivity contribution in [2.24, 2.45) is 0 Å². The van der Waals surface area contributed by atoms with E-state index < -0.39 is 0 Å². The molecular weight excluding hydrogens is 218 g/mol. The second kappa shape index (κ2) is 5.63. The zero-order valence-corrected chi connectivity index (χ0v) is 9.72. The molecule has 0 saturated carbocycles. The summed E-state index contributed by atoms with van der Waals surface area (Å²) in [6.07, 6.45) is 3.58. The molecule has 0 aromatic carbocycles. The third-order valence-corrected chi connectivity index (χ3v) is 2.42. The molecule has 82 valence electrons. The maximum atomic E-state index is 4.41. The Morgan fingerprint density at radius 1 is 0.875 bits per heavy atom. The van der Waals surface area contributed by atoms with E-state index in [2.05, 4.69) is 22.8 Å². The summed E-state index contributed by atoms with van der Waals surface area (Å²) in [5.41, 5.74) is 2.02. The molecule has 0 unspecified atom stereocenters. The van der Waals surface area contributed by atoms with Crippen molar-refractivity contribution in [3.8, 4) is 0 Å². The molecule has 3 nitrogen and oxygen atoms in total. The minimum atomic E-state index is 0.709. The van der Waals surface area contributed by atoms with Gasteiger partial charge in [0.05, 0.1) is 24.5 Å². The third-order valence-electron chi connectivity index (χ3n) is 2.14. The summed E-state index contributed by atoms with van der Waals surface area (Å²) < 4.78 is 1.89. The van der Waals surface area contributed by atoms with Gasteiger partial charge in [-0.2, -0.15) is 0 Å². The Balaban J connectivity index is 1.92. The van der Waals surface area contributed by atoms with Crippen LogP contribution in [0.25, 0.3) is 0 Å². The first-order valence-electron chi connectivity index (χ1n) is 5.08. The van der Waals surface area contributed by atoms with E-state index in [1.807, 2.05) is 40.7 Å². The lowest BCUT2D eigenvalue weighted by atomic mass is 10.3. The lowest BCUT2D eigenvalue weighted by Gasteiger charge is -2.13. The fourth-order valence-electron chi connectivity index (χ4n) is 1.41. The molecule has 0 N–H and O–H groups in total. The van der Waals surface area contributed by atoms with Crippen molar-refractivity contribution in [1.82, 2.24) is 14.3 Å². The van der Waals surface area contributed by atoms with E-state index in [0.29, 0.717) is 13.1 Å². The minimum Gasteiger partial charge on any atom is -0.260 e. The molecule has 0 aliphatic carbocycles. The van der Waals surface area contributed by atoms with Crippen molar-refractivity contribution < 1.29 is 0 Å². The number of thiol groups is 1. The first-order chi connectivity index (χ1) is 7.84. The number of nitrogens with zero attached hydrogens (tertiary/aromatic N) is 3. The highest BCUT2D eigenvalue weighted by atomic mass is 32.1. The number of hydrogen-bond donors (Lipinski definition) is 1. The molecule has 0 aliphatic heterocycles. The van der Waals surface area contributed by atoms with E-state index in [9.17, 15) is 0 Å². The predicted octanol–water partition coefficient (Wildman–Crippen LogP) is 2.32. The van der Waals surface area contributed by atoms with E-state index in [1.165, 1.54) is 0 Å². The zero-order valence-electron chi connectivity index (χ0n) is 8.82. The Labute approximate surface area is 101 Å². The molecule has 0 radical (unpaired) electrons. The van der Waals surface area contributed by atoms with Gasteiger partial charge in [0.25, 0.3) is 0 Å². The highest BCUT2D eigenvalue weighted by Crippen LogP contribution is 2.08. The van der Waals surface area contributed by atoms with Crippen molar-refractivity contribution in [2.45, 2.75) is 13.1 Å². The smallest absolute Gasteiger partial charge is 0.0553 e. The predicted molar refractivity (Wildman–Crippen MR) is 66.7 cm³/mol. The number of aromatic nitrogens is 2. The van der Waals surface area contributed by atoms with Gasteiger partial charge in [-0.1, -0.05) is 24.9 Å². The topological polar surface area (TPSA) is 29.0 Å². The van der Waals surface area contributed by atoms with Crippen molar-refractivity contribution in [3.63, 3.8) is 0 Å². The Morgan fingerprint density at radius 2 is 1.38 bits per heavy atom. The molecule has 0 spiro atoms. The maximum absolute atomic E-state index is 4.41.